The third-order valence-corrected chi connectivity index (χ3v) is 3.19. The molecule has 4 heteroatoms. The number of halogens is 1. The van der Waals surface area contributed by atoms with E-state index in [4.69, 9.17) is 22.1 Å². The number of rotatable bonds is 1. The standard InChI is InChI=1S/C15H10ClNO2/c16-10-5-6-13(17)9(7-10)8-14-11-3-1-2-4-12(11)15(18)19-14/h1-8H,17H2/b14-8-. The molecule has 0 amide bonds. The van der Waals surface area contributed by atoms with Gasteiger partial charge in [0.05, 0.1) is 5.56 Å². The maximum Gasteiger partial charge on any atom is 0.344 e. The lowest BCUT2D eigenvalue weighted by molar-refractivity contribution is 0.0717. The number of hydrogen-bond acceptors (Lipinski definition) is 3. The molecular weight excluding hydrogens is 262 g/mol. The molecule has 0 aromatic heterocycles. The zero-order chi connectivity index (χ0) is 13.4. The Hall–Kier alpha value is -2.26. The molecule has 1 heterocycles. The molecule has 0 fully saturated rings. The molecule has 0 saturated carbocycles. The summed E-state index contributed by atoms with van der Waals surface area (Å²) in [6.45, 7) is 0. The van der Waals surface area contributed by atoms with Crippen LogP contribution in [0.2, 0.25) is 5.02 Å². The number of carbonyl (C=O) groups excluding carboxylic acids is 1. The van der Waals surface area contributed by atoms with E-state index in [2.05, 4.69) is 0 Å². The van der Waals surface area contributed by atoms with Crippen LogP contribution in [0.15, 0.2) is 42.5 Å². The van der Waals surface area contributed by atoms with Gasteiger partial charge in [0, 0.05) is 21.8 Å². The molecule has 0 saturated heterocycles. The minimum Gasteiger partial charge on any atom is -0.422 e. The lowest BCUT2D eigenvalue weighted by Crippen LogP contribution is -1.92. The van der Waals surface area contributed by atoms with Crippen LogP contribution < -0.4 is 5.73 Å². The quantitative estimate of drug-likeness (QED) is 0.637. The Kier molecular flexibility index (Phi) is 2.76. The van der Waals surface area contributed by atoms with Gasteiger partial charge in [-0.05, 0) is 30.3 Å². The first-order valence-corrected chi connectivity index (χ1v) is 6.11. The largest absolute Gasteiger partial charge is 0.422 e. The first-order valence-electron chi connectivity index (χ1n) is 5.73. The van der Waals surface area contributed by atoms with Crippen LogP contribution in [0.25, 0.3) is 11.8 Å². The second-order valence-electron chi connectivity index (χ2n) is 4.22. The highest BCUT2D eigenvalue weighted by Crippen LogP contribution is 2.32. The molecule has 0 atom stereocenters. The predicted octanol–water partition coefficient (Wildman–Crippen LogP) is 3.59. The van der Waals surface area contributed by atoms with E-state index in [1.165, 1.54) is 0 Å². The zero-order valence-electron chi connectivity index (χ0n) is 9.89. The number of benzene rings is 2. The van der Waals surface area contributed by atoms with E-state index < -0.39 is 0 Å². The Morgan fingerprint density at radius 2 is 1.84 bits per heavy atom. The summed E-state index contributed by atoms with van der Waals surface area (Å²) in [5.41, 5.74) is 8.52. The molecular formula is C15H10ClNO2. The minimum atomic E-state index is -0.345. The van der Waals surface area contributed by atoms with Gasteiger partial charge in [0.2, 0.25) is 0 Å². The zero-order valence-corrected chi connectivity index (χ0v) is 10.6. The van der Waals surface area contributed by atoms with Crippen LogP contribution >= 0.6 is 11.6 Å². The van der Waals surface area contributed by atoms with Crippen molar-refractivity contribution >= 4 is 35.1 Å². The highest BCUT2D eigenvalue weighted by Gasteiger charge is 2.25. The Bertz CT molecular complexity index is 707. The maximum atomic E-state index is 11.7. The molecule has 1 aliphatic heterocycles. The lowest BCUT2D eigenvalue weighted by Gasteiger charge is -2.03. The van der Waals surface area contributed by atoms with Crippen molar-refractivity contribution in [2.75, 3.05) is 5.73 Å². The molecule has 0 aliphatic carbocycles. The van der Waals surface area contributed by atoms with E-state index in [1.54, 1.807) is 36.4 Å². The fourth-order valence-corrected chi connectivity index (χ4v) is 2.19. The van der Waals surface area contributed by atoms with Crippen molar-refractivity contribution in [2.24, 2.45) is 0 Å². The first-order chi connectivity index (χ1) is 9.15. The third-order valence-electron chi connectivity index (χ3n) is 2.95. The fourth-order valence-electron chi connectivity index (χ4n) is 2.00. The number of cyclic esters (lactones) is 1. The third kappa shape index (κ3) is 2.09. The highest BCUT2D eigenvalue weighted by molar-refractivity contribution is 6.30. The molecule has 0 bridgehead atoms. The molecule has 0 radical (unpaired) electrons. The van der Waals surface area contributed by atoms with Gasteiger partial charge in [-0.25, -0.2) is 4.79 Å². The van der Waals surface area contributed by atoms with E-state index >= 15 is 0 Å². The van der Waals surface area contributed by atoms with Crippen molar-refractivity contribution < 1.29 is 9.53 Å². The summed E-state index contributed by atoms with van der Waals surface area (Å²) in [6, 6.07) is 12.4. The molecule has 2 aromatic carbocycles. The lowest BCUT2D eigenvalue weighted by atomic mass is 10.1. The van der Waals surface area contributed by atoms with Crippen molar-refractivity contribution in [1.82, 2.24) is 0 Å². The number of nitrogen functional groups attached to an aromatic ring is 1. The topological polar surface area (TPSA) is 52.3 Å². The molecule has 94 valence electrons. The highest BCUT2D eigenvalue weighted by atomic mass is 35.5. The summed E-state index contributed by atoms with van der Waals surface area (Å²) in [5.74, 6) is 0.150. The Morgan fingerprint density at radius 3 is 2.63 bits per heavy atom. The second-order valence-corrected chi connectivity index (χ2v) is 4.65. The van der Waals surface area contributed by atoms with Gasteiger partial charge in [-0.1, -0.05) is 29.8 Å². The van der Waals surface area contributed by atoms with Crippen LogP contribution in [-0.4, -0.2) is 5.97 Å². The summed E-state index contributed by atoms with van der Waals surface area (Å²) in [6.07, 6.45) is 1.73. The average Bonchev–Trinajstić information content (AvgIpc) is 2.72. The van der Waals surface area contributed by atoms with Crippen molar-refractivity contribution in [3.8, 4) is 0 Å². The van der Waals surface area contributed by atoms with Gasteiger partial charge in [0.1, 0.15) is 5.76 Å². The Morgan fingerprint density at radius 1 is 1.11 bits per heavy atom. The Labute approximate surface area is 115 Å². The second kappa shape index (κ2) is 4.44. The van der Waals surface area contributed by atoms with Crippen LogP contribution in [0.4, 0.5) is 5.69 Å². The first kappa shape index (κ1) is 11.8. The summed E-state index contributed by atoms with van der Waals surface area (Å²) >= 11 is 5.94. The van der Waals surface area contributed by atoms with Crippen LogP contribution in [0.5, 0.6) is 0 Å². The van der Waals surface area contributed by atoms with Gasteiger partial charge >= 0.3 is 5.97 Å². The average molecular weight is 272 g/mol. The van der Waals surface area contributed by atoms with E-state index in [0.29, 0.717) is 22.0 Å². The summed E-state index contributed by atoms with van der Waals surface area (Å²) in [4.78, 5) is 11.7. The van der Waals surface area contributed by atoms with Gasteiger partial charge < -0.3 is 10.5 Å². The smallest absolute Gasteiger partial charge is 0.344 e. The molecule has 0 unspecified atom stereocenters. The van der Waals surface area contributed by atoms with Crippen LogP contribution in [0.3, 0.4) is 0 Å². The van der Waals surface area contributed by atoms with Crippen LogP contribution in [-0.2, 0) is 4.74 Å². The number of carbonyl (C=O) groups is 1. The number of anilines is 1. The summed E-state index contributed by atoms with van der Waals surface area (Å²) < 4.78 is 5.25. The number of esters is 1. The van der Waals surface area contributed by atoms with Crippen LogP contribution in [0, 0.1) is 0 Å². The summed E-state index contributed by atoms with van der Waals surface area (Å²) in [7, 11) is 0. The van der Waals surface area contributed by atoms with E-state index in [9.17, 15) is 4.79 Å². The van der Waals surface area contributed by atoms with E-state index in [-0.39, 0.29) is 5.97 Å². The van der Waals surface area contributed by atoms with Crippen molar-refractivity contribution in [1.29, 1.82) is 0 Å². The van der Waals surface area contributed by atoms with Crippen molar-refractivity contribution in [2.45, 2.75) is 0 Å². The molecule has 3 rings (SSSR count). The molecule has 3 nitrogen and oxygen atoms in total. The normalized spacial score (nSPS) is 15.4. The fraction of sp³-hybridized carbons (Fsp3) is 0. The maximum absolute atomic E-state index is 11.7. The van der Waals surface area contributed by atoms with Crippen molar-refractivity contribution in [3.63, 3.8) is 0 Å². The minimum absolute atomic E-state index is 0.345. The van der Waals surface area contributed by atoms with E-state index in [0.717, 1.165) is 11.1 Å². The summed E-state index contributed by atoms with van der Waals surface area (Å²) in [5, 5.41) is 0.582. The number of ether oxygens (including phenoxy) is 1. The van der Waals surface area contributed by atoms with Gasteiger partial charge in [0.15, 0.2) is 0 Å². The number of hydrogen-bond donors (Lipinski definition) is 1. The van der Waals surface area contributed by atoms with Gasteiger partial charge in [-0.3, -0.25) is 0 Å². The van der Waals surface area contributed by atoms with Crippen molar-refractivity contribution in [3.05, 3.63) is 64.2 Å². The van der Waals surface area contributed by atoms with Crippen LogP contribution in [0.1, 0.15) is 21.5 Å². The number of fused-ring (bicyclic) bond motifs is 1. The molecule has 1 aliphatic rings. The predicted molar refractivity (Wildman–Crippen MR) is 75.6 cm³/mol. The van der Waals surface area contributed by atoms with Gasteiger partial charge in [-0.15, -0.1) is 0 Å². The number of nitrogens with two attached hydrogens (primary N) is 1. The monoisotopic (exact) mass is 271 g/mol. The van der Waals surface area contributed by atoms with Gasteiger partial charge in [0.25, 0.3) is 0 Å². The SMILES string of the molecule is Nc1ccc(Cl)cc1/C=C1\OC(=O)c2ccccc21. The van der Waals surface area contributed by atoms with Gasteiger partial charge in [-0.2, -0.15) is 0 Å². The molecule has 0 spiro atoms. The molecule has 2 aromatic rings. The van der Waals surface area contributed by atoms with E-state index in [1.807, 2.05) is 12.1 Å². The molecule has 19 heavy (non-hydrogen) atoms. The Balaban J connectivity index is 2.11. The molecule has 2 N–H and O–H groups in total.